The molecule has 4 nitrogen and oxygen atoms in total. The lowest BCUT2D eigenvalue weighted by Crippen LogP contribution is -2.29. The van der Waals surface area contributed by atoms with E-state index in [-0.39, 0.29) is 12.1 Å². The Balaban J connectivity index is 1.65. The van der Waals surface area contributed by atoms with Crippen LogP contribution in [0.1, 0.15) is 52.8 Å². The molecule has 0 radical (unpaired) electrons. The summed E-state index contributed by atoms with van der Waals surface area (Å²) in [7, 11) is 0. The van der Waals surface area contributed by atoms with Crippen molar-refractivity contribution in [3.8, 4) is 5.69 Å². The first-order chi connectivity index (χ1) is 16.5. The monoisotopic (exact) mass is 466 g/mol. The molecule has 0 aliphatic carbocycles. The molecule has 2 aromatic heterocycles. The van der Waals surface area contributed by atoms with Gasteiger partial charge in [-0.25, -0.2) is 0 Å². The Labute approximate surface area is 207 Å². The fraction of sp³-hybridized carbons (Fsp3) is 0.241. The van der Waals surface area contributed by atoms with Crippen LogP contribution < -0.4 is 10.2 Å². The maximum atomic E-state index is 5.89. The second-order valence-corrected chi connectivity index (χ2v) is 9.40. The molecule has 1 aliphatic rings. The number of aryl methyl sites for hydroxylation is 3. The fourth-order valence-corrected chi connectivity index (χ4v) is 5.37. The number of aromatic nitrogens is 2. The first-order valence-electron chi connectivity index (χ1n) is 11.8. The molecule has 172 valence electrons. The third-order valence-electron chi connectivity index (χ3n) is 6.80. The lowest BCUT2D eigenvalue weighted by atomic mass is 9.96. The van der Waals surface area contributed by atoms with Crippen molar-refractivity contribution < 1.29 is 0 Å². The highest BCUT2D eigenvalue weighted by Crippen LogP contribution is 2.43. The molecule has 0 bridgehead atoms. The van der Waals surface area contributed by atoms with Gasteiger partial charge in [-0.15, -0.1) is 0 Å². The minimum absolute atomic E-state index is 0.0139. The first kappa shape index (κ1) is 22.4. The summed E-state index contributed by atoms with van der Waals surface area (Å²) in [5.74, 6) is 0. The summed E-state index contributed by atoms with van der Waals surface area (Å²) < 4.78 is 2.35. The molecule has 1 aliphatic heterocycles. The number of nitrogens with one attached hydrogen (secondary N) is 1. The van der Waals surface area contributed by atoms with Crippen LogP contribution in [0.2, 0.25) is 0 Å². The van der Waals surface area contributed by atoms with Gasteiger partial charge in [-0.3, -0.25) is 4.98 Å². The van der Waals surface area contributed by atoms with E-state index in [9.17, 15) is 0 Å². The van der Waals surface area contributed by atoms with Crippen LogP contribution in [-0.4, -0.2) is 14.7 Å². The molecule has 1 N–H and O–H groups in total. The Morgan fingerprint density at radius 1 is 0.912 bits per heavy atom. The standard InChI is InChI=1S/C29H30N4S/c1-5-22-11-15-23(16-12-22)32-20(3)18-25(21(32)4)28-27(26-8-6-7-17-30-26)31-29(34)33(28)24-13-9-19(2)10-14-24/h6-18,27-28H,5H2,1-4H3,(H,31,34). The Kier molecular flexibility index (Phi) is 5.96. The number of nitrogens with zero attached hydrogens (tertiary/aromatic N) is 3. The number of hydrogen-bond acceptors (Lipinski definition) is 2. The van der Waals surface area contributed by atoms with Gasteiger partial charge in [-0.05, 0) is 93.0 Å². The van der Waals surface area contributed by atoms with E-state index in [1.807, 2.05) is 18.3 Å². The zero-order valence-corrected chi connectivity index (χ0v) is 20.9. The van der Waals surface area contributed by atoms with Crippen LogP contribution in [0.4, 0.5) is 5.69 Å². The Hall–Kier alpha value is -3.44. The summed E-state index contributed by atoms with van der Waals surface area (Å²) in [6.07, 6.45) is 2.89. The van der Waals surface area contributed by atoms with Gasteiger partial charge in [0, 0.05) is 29.0 Å². The average molecular weight is 467 g/mol. The van der Waals surface area contributed by atoms with Crippen molar-refractivity contribution in [2.75, 3.05) is 4.90 Å². The van der Waals surface area contributed by atoms with Gasteiger partial charge >= 0.3 is 0 Å². The molecule has 2 aromatic carbocycles. The molecule has 0 saturated carbocycles. The van der Waals surface area contributed by atoms with Gasteiger partial charge in [0.2, 0.25) is 0 Å². The molecule has 34 heavy (non-hydrogen) atoms. The summed E-state index contributed by atoms with van der Waals surface area (Å²) in [4.78, 5) is 6.94. The molecule has 5 rings (SSSR count). The quantitative estimate of drug-likeness (QED) is 0.339. The molecular weight excluding hydrogens is 436 g/mol. The van der Waals surface area contributed by atoms with Gasteiger partial charge in [-0.2, -0.15) is 0 Å². The zero-order valence-electron chi connectivity index (χ0n) is 20.1. The Morgan fingerprint density at radius 3 is 2.26 bits per heavy atom. The van der Waals surface area contributed by atoms with E-state index in [0.717, 1.165) is 22.9 Å². The van der Waals surface area contributed by atoms with Crippen LogP contribution in [-0.2, 0) is 6.42 Å². The SMILES string of the molecule is CCc1ccc(-n2c(C)cc(C3C(c4ccccn4)NC(=S)N3c3ccc(C)cc3)c2C)cc1. The van der Waals surface area contributed by atoms with E-state index in [0.29, 0.717) is 0 Å². The minimum atomic E-state index is -0.0496. The summed E-state index contributed by atoms with van der Waals surface area (Å²) in [5, 5.41) is 4.30. The van der Waals surface area contributed by atoms with Gasteiger partial charge < -0.3 is 14.8 Å². The third kappa shape index (κ3) is 3.90. The molecule has 0 amide bonds. The van der Waals surface area contributed by atoms with Crippen molar-refractivity contribution in [1.29, 1.82) is 0 Å². The van der Waals surface area contributed by atoms with Crippen LogP contribution >= 0.6 is 12.2 Å². The highest BCUT2D eigenvalue weighted by atomic mass is 32.1. The molecule has 1 saturated heterocycles. The van der Waals surface area contributed by atoms with E-state index >= 15 is 0 Å². The summed E-state index contributed by atoms with van der Waals surface area (Å²) in [5.41, 5.74) is 9.51. The number of thiocarbonyl (C=S) groups is 1. The lowest BCUT2D eigenvalue weighted by Gasteiger charge is -2.28. The number of anilines is 1. The normalized spacial score (nSPS) is 17.8. The molecule has 0 spiro atoms. The van der Waals surface area contributed by atoms with Crippen LogP contribution in [0.25, 0.3) is 5.69 Å². The number of hydrogen-bond donors (Lipinski definition) is 1. The van der Waals surface area contributed by atoms with E-state index in [2.05, 4.69) is 103 Å². The molecular formula is C29H30N4S. The van der Waals surface area contributed by atoms with Crippen molar-refractivity contribution >= 4 is 23.0 Å². The Morgan fingerprint density at radius 2 is 1.62 bits per heavy atom. The second kappa shape index (κ2) is 9.07. The average Bonchev–Trinajstić information content (AvgIpc) is 3.35. The zero-order chi connectivity index (χ0) is 23.8. The maximum absolute atomic E-state index is 5.89. The summed E-state index contributed by atoms with van der Waals surface area (Å²) >= 11 is 5.89. The van der Waals surface area contributed by atoms with Gasteiger partial charge in [0.1, 0.15) is 0 Å². The Bertz CT molecular complexity index is 1310. The van der Waals surface area contributed by atoms with Crippen molar-refractivity contribution in [3.05, 3.63) is 113 Å². The van der Waals surface area contributed by atoms with E-state index < -0.39 is 0 Å². The van der Waals surface area contributed by atoms with Crippen LogP contribution in [0.3, 0.4) is 0 Å². The molecule has 1 fully saturated rings. The van der Waals surface area contributed by atoms with Gasteiger partial charge in [0.15, 0.2) is 5.11 Å². The lowest BCUT2D eigenvalue weighted by molar-refractivity contribution is 0.565. The van der Waals surface area contributed by atoms with Crippen molar-refractivity contribution in [2.24, 2.45) is 0 Å². The van der Waals surface area contributed by atoms with Crippen LogP contribution in [0.15, 0.2) is 79.0 Å². The highest BCUT2D eigenvalue weighted by Gasteiger charge is 2.42. The number of rotatable bonds is 5. The predicted octanol–water partition coefficient (Wildman–Crippen LogP) is 6.54. The fourth-order valence-electron chi connectivity index (χ4n) is 5.02. The molecule has 2 atom stereocenters. The van der Waals surface area contributed by atoms with Crippen molar-refractivity contribution in [2.45, 2.75) is 46.2 Å². The molecule has 4 aromatic rings. The summed E-state index contributed by atoms with van der Waals surface area (Å²) in [6.45, 7) is 8.68. The van der Waals surface area contributed by atoms with Gasteiger partial charge in [-0.1, -0.05) is 42.8 Å². The topological polar surface area (TPSA) is 33.1 Å². The van der Waals surface area contributed by atoms with Gasteiger partial charge in [0.05, 0.1) is 17.8 Å². The van der Waals surface area contributed by atoms with Crippen molar-refractivity contribution in [3.63, 3.8) is 0 Å². The van der Waals surface area contributed by atoms with E-state index in [4.69, 9.17) is 17.2 Å². The number of benzene rings is 2. The largest absolute Gasteiger partial charge is 0.351 e. The highest BCUT2D eigenvalue weighted by molar-refractivity contribution is 7.80. The minimum Gasteiger partial charge on any atom is -0.351 e. The third-order valence-corrected chi connectivity index (χ3v) is 7.12. The predicted molar refractivity (Wildman–Crippen MR) is 144 cm³/mol. The second-order valence-electron chi connectivity index (χ2n) is 9.01. The number of pyridine rings is 1. The molecule has 3 heterocycles. The molecule has 5 heteroatoms. The molecule has 2 unspecified atom stereocenters. The van der Waals surface area contributed by atoms with Crippen molar-refractivity contribution in [1.82, 2.24) is 14.9 Å². The first-order valence-corrected chi connectivity index (χ1v) is 12.2. The van der Waals surface area contributed by atoms with Crippen LogP contribution in [0, 0.1) is 20.8 Å². The van der Waals surface area contributed by atoms with E-state index in [1.165, 1.54) is 33.8 Å². The summed E-state index contributed by atoms with van der Waals surface area (Å²) in [6, 6.07) is 25.8. The van der Waals surface area contributed by atoms with Gasteiger partial charge in [0.25, 0.3) is 0 Å². The maximum Gasteiger partial charge on any atom is 0.174 e. The smallest absolute Gasteiger partial charge is 0.174 e. The van der Waals surface area contributed by atoms with Crippen LogP contribution in [0.5, 0.6) is 0 Å². The van der Waals surface area contributed by atoms with E-state index in [1.54, 1.807) is 0 Å².